The molecular weight excluding hydrogens is 197 g/mol. The second-order valence-electron chi connectivity index (χ2n) is 2.22. The van der Waals surface area contributed by atoms with Crippen LogP contribution in [0.2, 0.25) is 10.0 Å². The molecule has 0 heterocycles. The number of halogens is 2. The Morgan fingerprint density at radius 1 is 1.42 bits per heavy atom. The molecular formula is C8H5Cl2NO. The van der Waals surface area contributed by atoms with E-state index < -0.39 is 0 Å². The fourth-order valence-corrected chi connectivity index (χ4v) is 1.39. The molecule has 2 nitrogen and oxygen atoms in total. The van der Waals surface area contributed by atoms with Crippen molar-refractivity contribution in [2.75, 3.05) is 0 Å². The standard InChI is InChI=1S/C8H5Cl2NO/c9-5-3-7(10)6(1-2-11)8(12)4-5/h3-4,12H,1H2. The van der Waals surface area contributed by atoms with Crippen molar-refractivity contribution in [1.82, 2.24) is 0 Å². The first-order valence-electron chi connectivity index (χ1n) is 3.19. The van der Waals surface area contributed by atoms with Gasteiger partial charge in [-0.05, 0) is 12.1 Å². The fourth-order valence-electron chi connectivity index (χ4n) is 0.844. The van der Waals surface area contributed by atoms with Gasteiger partial charge in [0.1, 0.15) is 5.75 Å². The summed E-state index contributed by atoms with van der Waals surface area (Å²) in [4.78, 5) is 0. The van der Waals surface area contributed by atoms with Crippen molar-refractivity contribution in [3.63, 3.8) is 0 Å². The highest BCUT2D eigenvalue weighted by Gasteiger charge is 2.07. The largest absolute Gasteiger partial charge is 0.508 e. The van der Waals surface area contributed by atoms with Crippen LogP contribution in [0.5, 0.6) is 5.75 Å². The SMILES string of the molecule is N#CCc1c(O)cc(Cl)cc1Cl. The van der Waals surface area contributed by atoms with E-state index in [1.165, 1.54) is 12.1 Å². The van der Waals surface area contributed by atoms with Crippen molar-refractivity contribution in [1.29, 1.82) is 5.26 Å². The van der Waals surface area contributed by atoms with Gasteiger partial charge in [0.25, 0.3) is 0 Å². The summed E-state index contributed by atoms with van der Waals surface area (Å²) in [6.07, 6.45) is 0.0852. The first-order valence-corrected chi connectivity index (χ1v) is 3.94. The third-order valence-electron chi connectivity index (χ3n) is 1.39. The summed E-state index contributed by atoms with van der Waals surface area (Å²) in [5.74, 6) is -0.0333. The zero-order valence-corrected chi connectivity index (χ0v) is 7.52. The molecule has 0 aliphatic carbocycles. The predicted octanol–water partition coefficient (Wildman–Crippen LogP) is 2.77. The van der Waals surface area contributed by atoms with Gasteiger partial charge in [-0.2, -0.15) is 5.26 Å². The minimum absolute atomic E-state index is 0.0333. The number of phenols is 1. The van der Waals surface area contributed by atoms with Gasteiger partial charge in [-0.3, -0.25) is 0 Å². The number of hydrogen-bond donors (Lipinski definition) is 1. The van der Waals surface area contributed by atoms with Gasteiger partial charge in [0.05, 0.1) is 12.5 Å². The Morgan fingerprint density at radius 3 is 2.58 bits per heavy atom. The lowest BCUT2D eigenvalue weighted by Crippen LogP contribution is -1.84. The molecule has 1 aromatic carbocycles. The summed E-state index contributed by atoms with van der Waals surface area (Å²) in [6.45, 7) is 0. The van der Waals surface area contributed by atoms with Gasteiger partial charge >= 0.3 is 0 Å². The van der Waals surface area contributed by atoms with Gasteiger partial charge in [0.2, 0.25) is 0 Å². The lowest BCUT2D eigenvalue weighted by molar-refractivity contribution is 0.470. The van der Waals surface area contributed by atoms with Crippen LogP contribution in [-0.2, 0) is 6.42 Å². The second-order valence-corrected chi connectivity index (χ2v) is 3.06. The van der Waals surface area contributed by atoms with Crippen molar-refractivity contribution < 1.29 is 5.11 Å². The molecule has 1 N–H and O–H groups in total. The second kappa shape index (κ2) is 3.66. The van der Waals surface area contributed by atoms with Crippen LogP contribution in [0.3, 0.4) is 0 Å². The van der Waals surface area contributed by atoms with Crippen LogP contribution in [0.25, 0.3) is 0 Å². The zero-order valence-electron chi connectivity index (χ0n) is 6.01. The van der Waals surface area contributed by atoms with Gasteiger partial charge in [-0.1, -0.05) is 23.2 Å². The van der Waals surface area contributed by atoms with Gasteiger partial charge in [-0.25, -0.2) is 0 Å². The maximum Gasteiger partial charge on any atom is 0.122 e. The molecule has 0 atom stereocenters. The van der Waals surface area contributed by atoms with Crippen molar-refractivity contribution >= 4 is 23.2 Å². The molecule has 0 saturated heterocycles. The average molecular weight is 202 g/mol. The third kappa shape index (κ3) is 1.82. The Balaban J connectivity index is 3.21. The first kappa shape index (κ1) is 9.18. The molecule has 0 radical (unpaired) electrons. The lowest BCUT2D eigenvalue weighted by atomic mass is 10.1. The topological polar surface area (TPSA) is 44.0 Å². The normalized spacial score (nSPS) is 9.42. The molecule has 0 fully saturated rings. The fraction of sp³-hybridized carbons (Fsp3) is 0.125. The van der Waals surface area contributed by atoms with E-state index in [0.717, 1.165) is 0 Å². The minimum atomic E-state index is -0.0333. The van der Waals surface area contributed by atoms with Crippen LogP contribution in [-0.4, -0.2) is 5.11 Å². The van der Waals surface area contributed by atoms with E-state index in [4.69, 9.17) is 28.5 Å². The summed E-state index contributed by atoms with van der Waals surface area (Å²) in [5, 5.41) is 18.3. The van der Waals surface area contributed by atoms with Crippen molar-refractivity contribution in [3.05, 3.63) is 27.7 Å². The van der Waals surface area contributed by atoms with Gasteiger partial charge in [0, 0.05) is 15.6 Å². The van der Waals surface area contributed by atoms with Crippen LogP contribution in [0.4, 0.5) is 0 Å². The van der Waals surface area contributed by atoms with Crippen LogP contribution in [0.1, 0.15) is 5.56 Å². The zero-order chi connectivity index (χ0) is 9.14. The smallest absolute Gasteiger partial charge is 0.122 e. The Bertz CT molecular complexity index is 320. The van der Waals surface area contributed by atoms with E-state index in [9.17, 15) is 5.11 Å². The van der Waals surface area contributed by atoms with Crippen LogP contribution in [0.15, 0.2) is 12.1 Å². The number of aromatic hydroxyl groups is 1. The van der Waals surface area contributed by atoms with Crippen LogP contribution >= 0.6 is 23.2 Å². The van der Waals surface area contributed by atoms with E-state index in [1.807, 2.05) is 6.07 Å². The molecule has 4 heteroatoms. The van der Waals surface area contributed by atoms with Gasteiger partial charge < -0.3 is 5.11 Å². The Morgan fingerprint density at radius 2 is 2.08 bits per heavy atom. The van der Waals surface area contributed by atoms with Crippen molar-refractivity contribution in [2.45, 2.75) is 6.42 Å². The highest BCUT2D eigenvalue weighted by Crippen LogP contribution is 2.29. The maximum absolute atomic E-state index is 9.28. The Labute approximate surface area is 80.0 Å². The minimum Gasteiger partial charge on any atom is -0.508 e. The van der Waals surface area contributed by atoms with Crippen molar-refractivity contribution in [2.24, 2.45) is 0 Å². The highest BCUT2D eigenvalue weighted by molar-refractivity contribution is 6.35. The summed E-state index contributed by atoms with van der Waals surface area (Å²) in [7, 11) is 0. The quantitative estimate of drug-likeness (QED) is 0.760. The number of nitriles is 1. The predicted molar refractivity (Wildman–Crippen MR) is 47.4 cm³/mol. The molecule has 0 spiro atoms. The summed E-state index contributed by atoms with van der Waals surface area (Å²) in [6, 6.07) is 4.75. The Kier molecular flexibility index (Phi) is 2.80. The number of benzene rings is 1. The van der Waals surface area contributed by atoms with Crippen LogP contribution in [0, 0.1) is 11.3 Å². The molecule has 12 heavy (non-hydrogen) atoms. The van der Waals surface area contributed by atoms with E-state index in [0.29, 0.717) is 15.6 Å². The number of phenolic OH excluding ortho intramolecular Hbond substituents is 1. The van der Waals surface area contributed by atoms with Gasteiger partial charge in [0.15, 0.2) is 0 Å². The van der Waals surface area contributed by atoms with E-state index in [2.05, 4.69) is 0 Å². The number of rotatable bonds is 1. The van der Waals surface area contributed by atoms with E-state index in [1.54, 1.807) is 0 Å². The Hall–Kier alpha value is -0.910. The molecule has 1 aromatic rings. The van der Waals surface area contributed by atoms with E-state index in [-0.39, 0.29) is 12.2 Å². The van der Waals surface area contributed by atoms with Crippen LogP contribution < -0.4 is 0 Å². The first-order chi connectivity index (χ1) is 5.65. The molecule has 0 amide bonds. The highest BCUT2D eigenvalue weighted by atomic mass is 35.5. The molecule has 62 valence electrons. The molecule has 0 aliphatic rings. The molecule has 1 rings (SSSR count). The van der Waals surface area contributed by atoms with Gasteiger partial charge in [-0.15, -0.1) is 0 Å². The summed E-state index contributed by atoms with van der Waals surface area (Å²) >= 11 is 11.3. The number of nitrogens with zero attached hydrogens (tertiary/aromatic N) is 1. The van der Waals surface area contributed by atoms with E-state index >= 15 is 0 Å². The summed E-state index contributed by atoms with van der Waals surface area (Å²) in [5.41, 5.74) is 0.420. The third-order valence-corrected chi connectivity index (χ3v) is 1.95. The molecule has 0 aliphatic heterocycles. The number of hydrogen-bond acceptors (Lipinski definition) is 2. The monoisotopic (exact) mass is 201 g/mol. The molecule has 0 bridgehead atoms. The maximum atomic E-state index is 9.28. The molecule has 0 aromatic heterocycles. The molecule has 0 saturated carbocycles. The average Bonchev–Trinajstić information content (AvgIpc) is 1.96. The summed E-state index contributed by atoms with van der Waals surface area (Å²) < 4.78 is 0. The molecule has 0 unspecified atom stereocenters. The lowest BCUT2D eigenvalue weighted by Gasteiger charge is -2.02. The van der Waals surface area contributed by atoms with Crippen molar-refractivity contribution in [3.8, 4) is 11.8 Å².